The van der Waals surface area contributed by atoms with Crippen molar-refractivity contribution in [2.45, 2.75) is 18.7 Å². The monoisotopic (exact) mass is 327 g/mol. The van der Waals surface area contributed by atoms with Crippen LogP contribution in [0.4, 0.5) is 5.13 Å². The molecule has 2 aromatic rings. The molecule has 0 unspecified atom stereocenters. The van der Waals surface area contributed by atoms with Gasteiger partial charge in [0, 0.05) is 4.88 Å². The van der Waals surface area contributed by atoms with Crippen LogP contribution < -0.4 is 4.72 Å². The van der Waals surface area contributed by atoms with Crippen molar-refractivity contribution in [3.8, 4) is 6.07 Å². The van der Waals surface area contributed by atoms with E-state index in [0.29, 0.717) is 0 Å². The van der Waals surface area contributed by atoms with Crippen LogP contribution in [0.25, 0.3) is 0 Å². The minimum absolute atomic E-state index is 0.0569. The van der Waals surface area contributed by atoms with Crippen molar-refractivity contribution in [1.29, 1.82) is 5.26 Å². The highest BCUT2D eigenvalue weighted by molar-refractivity contribution is 7.93. The molecule has 0 aliphatic heterocycles. The Morgan fingerprint density at radius 3 is 2.65 bits per heavy atom. The quantitative estimate of drug-likeness (QED) is 0.939. The number of sulfonamides is 1. The Hall–Kier alpha value is -1.62. The molecule has 2 rings (SSSR count). The fourth-order valence-corrected chi connectivity index (χ4v) is 4.04. The van der Waals surface area contributed by atoms with Gasteiger partial charge in [0.1, 0.15) is 4.90 Å². The average molecular weight is 328 g/mol. The first-order valence-electron chi connectivity index (χ1n) is 5.50. The number of aryl methyl sites for hydroxylation is 2. The van der Waals surface area contributed by atoms with E-state index in [1.165, 1.54) is 29.5 Å². The van der Waals surface area contributed by atoms with Gasteiger partial charge in [-0.15, -0.1) is 11.3 Å². The summed E-state index contributed by atoms with van der Waals surface area (Å²) in [5.41, 5.74) is 0.992. The number of aromatic nitrogens is 1. The largest absolute Gasteiger partial charge is 0.265 e. The van der Waals surface area contributed by atoms with Gasteiger partial charge in [-0.25, -0.2) is 13.4 Å². The zero-order valence-electron chi connectivity index (χ0n) is 10.6. The summed E-state index contributed by atoms with van der Waals surface area (Å²) in [7, 11) is -3.87. The molecule has 0 saturated carbocycles. The van der Waals surface area contributed by atoms with E-state index in [4.69, 9.17) is 16.9 Å². The average Bonchev–Trinajstić information content (AvgIpc) is 2.67. The molecule has 8 heteroatoms. The fourth-order valence-electron chi connectivity index (χ4n) is 1.47. The lowest BCUT2D eigenvalue weighted by molar-refractivity contribution is 0.601. The Labute approximate surface area is 125 Å². The van der Waals surface area contributed by atoms with Crippen LogP contribution in [0.5, 0.6) is 0 Å². The second kappa shape index (κ2) is 5.40. The van der Waals surface area contributed by atoms with E-state index >= 15 is 0 Å². The summed E-state index contributed by atoms with van der Waals surface area (Å²) in [5, 5.41) is 9.16. The van der Waals surface area contributed by atoms with E-state index in [-0.39, 0.29) is 20.6 Å². The van der Waals surface area contributed by atoms with Crippen LogP contribution in [0.1, 0.15) is 16.1 Å². The first kappa shape index (κ1) is 14.8. The second-order valence-electron chi connectivity index (χ2n) is 4.02. The first-order chi connectivity index (χ1) is 9.33. The van der Waals surface area contributed by atoms with Gasteiger partial charge < -0.3 is 0 Å². The maximum atomic E-state index is 12.3. The van der Waals surface area contributed by atoms with Gasteiger partial charge in [-0.05, 0) is 32.0 Å². The minimum Gasteiger partial charge on any atom is -0.255 e. The smallest absolute Gasteiger partial charge is 0.255 e. The number of hydrogen-bond donors (Lipinski definition) is 1. The van der Waals surface area contributed by atoms with Crippen molar-refractivity contribution >= 4 is 38.1 Å². The Kier molecular flexibility index (Phi) is 3.99. The van der Waals surface area contributed by atoms with Crippen LogP contribution in [-0.4, -0.2) is 13.4 Å². The number of halogens is 1. The molecule has 104 valence electrons. The highest BCUT2D eigenvalue weighted by Crippen LogP contribution is 2.27. The van der Waals surface area contributed by atoms with Crippen LogP contribution in [0.15, 0.2) is 23.1 Å². The number of nitrogens with one attached hydrogen (secondary N) is 1. The summed E-state index contributed by atoms with van der Waals surface area (Å²) in [5.74, 6) is 0. The molecule has 0 bridgehead atoms. The lowest BCUT2D eigenvalue weighted by Gasteiger charge is -2.07. The van der Waals surface area contributed by atoms with Crippen molar-refractivity contribution in [1.82, 2.24) is 4.98 Å². The molecule has 20 heavy (non-hydrogen) atoms. The Balaban J connectivity index is 2.43. The number of rotatable bonds is 3. The molecule has 1 heterocycles. The fraction of sp³-hybridized carbons (Fsp3) is 0.167. The molecular formula is C12H10ClN3O2S2. The number of nitrogens with zero attached hydrogens (tertiary/aromatic N) is 2. The summed E-state index contributed by atoms with van der Waals surface area (Å²) in [6.07, 6.45) is 0. The highest BCUT2D eigenvalue weighted by Gasteiger charge is 2.20. The van der Waals surface area contributed by atoms with Gasteiger partial charge in [0.15, 0.2) is 5.13 Å². The first-order valence-corrected chi connectivity index (χ1v) is 8.18. The predicted octanol–water partition coefficient (Wildman–Crippen LogP) is 3.09. The molecule has 5 nitrogen and oxygen atoms in total. The predicted molar refractivity (Wildman–Crippen MR) is 78.6 cm³/mol. The third kappa shape index (κ3) is 2.93. The van der Waals surface area contributed by atoms with E-state index in [1.807, 2.05) is 13.0 Å². The Morgan fingerprint density at radius 1 is 1.40 bits per heavy atom. The molecule has 0 saturated heterocycles. The molecule has 0 spiro atoms. The number of anilines is 1. The summed E-state index contributed by atoms with van der Waals surface area (Å²) in [4.78, 5) is 4.91. The standard InChI is InChI=1S/C12H10ClN3O2S2/c1-7-8(2)19-12(15-7)16-20(17,18)11-5-9(6-14)3-4-10(11)13/h3-5H,1-2H3,(H,15,16). The minimum atomic E-state index is -3.87. The molecule has 0 radical (unpaired) electrons. The lowest BCUT2D eigenvalue weighted by Crippen LogP contribution is -2.13. The van der Waals surface area contributed by atoms with Gasteiger partial charge in [-0.2, -0.15) is 5.26 Å². The normalized spacial score (nSPS) is 11.1. The maximum absolute atomic E-state index is 12.3. The van der Waals surface area contributed by atoms with Gasteiger partial charge in [0.25, 0.3) is 10.0 Å². The highest BCUT2D eigenvalue weighted by atomic mass is 35.5. The molecule has 1 aromatic heterocycles. The number of nitriles is 1. The van der Waals surface area contributed by atoms with Gasteiger partial charge in [0.2, 0.25) is 0 Å². The molecule has 1 aromatic carbocycles. The molecule has 0 aliphatic carbocycles. The Bertz CT molecular complexity index is 787. The Morgan fingerprint density at radius 2 is 2.10 bits per heavy atom. The topological polar surface area (TPSA) is 82.8 Å². The number of hydrogen-bond acceptors (Lipinski definition) is 5. The van der Waals surface area contributed by atoms with Crippen molar-refractivity contribution in [3.63, 3.8) is 0 Å². The van der Waals surface area contributed by atoms with Crippen LogP contribution in [0.3, 0.4) is 0 Å². The summed E-state index contributed by atoms with van der Waals surface area (Å²) < 4.78 is 26.9. The van der Waals surface area contributed by atoms with E-state index in [0.717, 1.165) is 10.6 Å². The van der Waals surface area contributed by atoms with Crippen LogP contribution in [-0.2, 0) is 10.0 Å². The van der Waals surface area contributed by atoms with E-state index in [9.17, 15) is 8.42 Å². The molecule has 0 amide bonds. The SMILES string of the molecule is Cc1nc(NS(=O)(=O)c2cc(C#N)ccc2Cl)sc1C. The summed E-state index contributed by atoms with van der Waals surface area (Å²) in [6, 6.07) is 5.95. The third-order valence-corrected chi connectivity index (χ3v) is 5.54. The van der Waals surface area contributed by atoms with E-state index in [1.54, 1.807) is 6.92 Å². The zero-order valence-corrected chi connectivity index (χ0v) is 13.0. The number of thiazole rings is 1. The molecule has 0 aliphatic rings. The molecular weight excluding hydrogens is 318 g/mol. The van der Waals surface area contributed by atoms with Crippen LogP contribution in [0.2, 0.25) is 5.02 Å². The van der Waals surface area contributed by atoms with E-state index < -0.39 is 10.0 Å². The molecule has 1 N–H and O–H groups in total. The maximum Gasteiger partial charge on any atom is 0.265 e. The van der Waals surface area contributed by atoms with E-state index in [2.05, 4.69) is 9.71 Å². The summed E-state index contributed by atoms with van der Waals surface area (Å²) in [6.45, 7) is 3.65. The zero-order chi connectivity index (χ0) is 14.9. The molecule has 0 atom stereocenters. The van der Waals surface area contributed by atoms with Gasteiger partial charge in [0.05, 0.1) is 22.3 Å². The molecule has 0 fully saturated rings. The second-order valence-corrected chi connectivity index (χ2v) is 7.28. The van der Waals surface area contributed by atoms with Gasteiger partial charge >= 0.3 is 0 Å². The van der Waals surface area contributed by atoms with Crippen molar-refractivity contribution in [2.24, 2.45) is 0 Å². The summed E-state index contributed by atoms with van der Waals surface area (Å²) >= 11 is 7.14. The lowest BCUT2D eigenvalue weighted by atomic mass is 10.2. The number of benzene rings is 1. The van der Waals surface area contributed by atoms with Crippen LogP contribution >= 0.6 is 22.9 Å². The third-order valence-electron chi connectivity index (χ3n) is 2.60. The van der Waals surface area contributed by atoms with Crippen molar-refractivity contribution < 1.29 is 8.42 Å². The van der Waals surface area contributed by atoms with Gasteiger partial charge in [-0.1, -0.05) is 11.6 Å². The van der Waals surface area contributed by atoms with Crippen LogP contribution in [0, 0.1) is 25.2 Å². The van der Waals surface area contributed by atoms with Gasteiger partial charge in [-0.3, -0.25) is 4.72 Å². The van der Waals surface area contributed by atoms with Crippen molar-refractivity contribution in [3.05, 3.63) is 39.4 Å². The van der Waals surface area contributed by atoms with Crippen molar-refractivity contribution in [2.75, 3.05) is 4.72 Å².